The van der Waals surface area contributed by atoms with Crippen LogP contribution in [0, 0.1) is 0 Å². The zero-order valence-corrected chi connectivity index (χ0v) is 8.84. The van der Waals surface area contributed by atoms with Crippen molar-refractivity contribution < 1.29 is 4.74 Å². The highest BCUT2D eigenvalue weighted by Gasteiger charge is 2.23. The third kappa shape index (κ3) is 1.72. The summed E-state index contributed by atoms with van der Waals surface area (Å²) in [4.78, 5) is 10.3. The molecule has 0 aromatic carbocycles. The van der Waals surface area contributed by atoms with Crippen molar-refractivity contribution >= 4 is 5.96 Å². The molecule has 2 N–H and O–H groups in total. The fourth-order valence-electron chi connectivity index (χ4n) is 1.61. The van der Waals surface area contributed by atoms with Gasteiger partial charge < -0.3 is 15.4 Å². The highest BCUT2D eigenvalue weighted by molar-refractivity contribution is 5.80. The number of likely N-dealkylation sites (N-methyl/N-ethyl adjacent to an activating group) is 1. The van der Waals surface area contributed by atoms with Crippen LogP contribution in [0.15, 0.2) is 23.3 Å². The van der Waals surface area contributed by atoms with E-state index in [1.165, 1.54) is 0 Å². The van der Waals surface area contributed by atoms with Gasteiger partial charge in [0.25, 0.3) is 0 Å². The lowest BCUT2D eigenvalue weighted by molar-refractivity contribution is 0.392. The van der Waals surface area contributed by atoms with Gasteiger partial charge in [0.15, 0.2) is 5.96 Å². The first-order valence-electron chi connectivity index (χ1n) is 4.75. The molecule has 0 radical (unpaired) electrons. The van der Waals surface area contributed by atoms with Crippen molar-refractivity contribution in [2.75, 3.05) is 20.7 Å². The summed E-state index contributed by atoms with van der Waals surface area (Å²) < 4.78 is 5.00. The lowest BCUT2D eigenvalue weighted by Crippen LogP contribution is -2.32. The molecule has 1 aromatic rings. The number of guanidine groups is 1. The van der Waals surface area contributed by atoms with Gasteiger partial charge in [-0.05, 0) is 11.6 Å². The van der Waals surface area contributed by atoms with Gasteiger partial charge in [0, 0.05) is 19.3 Å². The van der Waals surface area contributed by atoms with E-state index in [0.717, 1.165) is 5.56 Å². The average molecular weight is 206 g/mol. The second-order valence-corrected chi connectivity index (χ2v) is 3.46. The summed E-state index contributed by atoms with van der Waals surface area (Å²) >= 11 is 0. The number of pyridine rings is 1. The number of hydrogen-bond acceptors (Lipinski definition) is 5. The fraction of sp³-hybridized carbons (Fsp3) is 0.400. The summed E-state index contributed by atoms with van der Waals surface area (Å²) in [6, 6.07) is 4.03. The van der Waals surface area contributed by atoms with Crippen LogP contribution in [0.3, 0.4) is 0 Å². The molecule has 2 heterocycles. The molecular weight excluding hydrogens is 192 g/mol. The molecule has 0 amide bonds. The predicted molar refractivity (Wildman–Crippen MR) is 57.8 cm³/mol. The van der Waals surface area contributed by atoms with Gasteiger partial charge in [-0.1, -0.05) is 0 Å². The van der Waals surface area contributed by atoms with Gasteiger partial charge in [-0.3, -0.25) is 4.99 Å². The van der Waals surface area contributed by atoms with E-state index >= 15 is 0 Å². The van der Waals surface area contributed by atoms with Gasteiger partial charge in [0.2, 0.25) is 5.88 Å². The van der Waals surface area contributed by atoms with Crippen LogP contribution >= 0.6 is 0 Å². The van der Waals surface area contributed by atoms with E-state index in [-0.39, 0.29) is 6.04 Å². The topological polar surface area (TPSA) is 63.7 Å². The van der Waals surface area contributed by atoms with Crippen LogP contribution in [0.5, 0.6) is 5.88 Å². The maximum Gasteiger partial charge on any atom is 0.212 e. The number of hydrogen-bond donors (Lipinski definition) is 1. The first-order chi connectivity index (χ1) is 7.22. The lowest BCUT2D eigenvalue weighted by Gasteiger charge is -2.21. The zero-order chi connectivity index (χ0) is 10.8. The molecule has 80 valence electrons. The molecule has 1 unspecified atom stereocenters. The summed E-state index contributed by atoms with van der Waals surface area (Å²) in [5, 5.41) is 0. The smallest absolute Gasteiger partial charge is 0.212 e. The van der Waals surface area contributed by atoms with Crippen molar-refractivity contribution in [1.82, 2.24) is 9.88 Å². The molecule has 0 saturated carbocycles. The molecule has 0 aliphatic carbocycles. The Kier molecular flexibility index (Phi) is 2.45. The van der Waals surface area contributed by atoms with Crippen LogP contribution in [-0.2, 0) is 0 Å². The molecule has 0 spiro atoms. The molecule has 5 heteroatoms. The van der Waals surface area contributed by atoms with E-state index in [1.54, 1.807) is 13.3 Å². The minimum atomic E-state index is 0.198. The maximum atomic E-state index is 5.69. The molecule has 0 fully saturated rings. The molecule has 1 aliphatic rings. The number of nitrogens with zero attached hydrogens (tertiary/aromatic N) is 3. The van der Waals surface area contributed by atoms with E-state index in [2.05, 4.69) is 9.98 Å². The van der Waals surface area contributed by atoms with Gasteiger partial charge in [0.1, 0.15) is 0 Å². The van der Waals surface area contributed by atoms with Crippen LogP contribution in [0.2, 0.25) is 0 Å². The fourth-order valence-corrected chi connectivity index (χ4v) is 1.61. The molecule has 5 nitrogen and oxygen atoms in total. The van der Waals surface area contributed by atoms with E-state index in [4.69, 9.17) is 10.5 Å². The summed E-state index contributed by atoms with van der Waals surface area (Å²) in [6.07, 6.45) is 1.80. The molecule has 1 aromatic heterocycles. The number of methoxy groups -OCH3 is 1. The van der Waals surface area contributed by atoms with Gasteiger partial charge in [0.05, 0.1) is 19.7 Å². The standard InChI is InChI=1S/C10H14N4O/c1-14-8(6-13-10(14)11)7-3-4-9(15-2)12-5-7/h3-5,8H,6H2,1-2H3,(H2,11,13). The van der Waals surface area contributed by atoms with Crippen LogP contribution in [0.4, 0.5) is 0 Å². The van der Waals surface area contributed by atoms with Crippen LogP contribution in [0.1, 0.15) is 11.6 Å². The molecular formula is C10H14N4O. The summed E-state index contributed by atoms with van der Waals surface area (Å²) in [7, 11) is 3.53. The van der Waals surface area contributed by atoms with Crippen LogP contribution < -0.4 is 10.5 Å². The predicted octanol–water partition coefficient (Wildman–Crippen LogP) is 0.391. The van der Waals surface area contributed by atoms with Crippen LogP contribution in [-0.4, -0.2) is 36.5 Å². The van der Waals surface area contributed by atoms with E-state index in [0.29, 0.717) is 18.4 Å². The maximum absolute atomic E-state index is 5.69. The van der Waals surface area contributed by atoms with Crippen molar-refractivity contribution in [2.24, 2.45) is 10.7 Å². The Hall–Kier alpha value is -1.78. The summed E-state index contributed by atoms with van der Waals surface area (Å²) in [6.45, 7) is 0.691. The number of ether oxygens (including phenoxy) is 1. The number of nitrogens with two attached hydrogens (primary N) is 1. The Labute approximate surface area is 88.6 Å². The zero-order valence-electron chi connectivity index (χ0n) is 8.84. The Morgan fingerprint density at radius 1 is 1.53 bits per heavy atom. The lowest BCUT2D eigenvalue weighted by atomic mass is 10.1. The van der Waals surface area contributed by atoms with Gasteiger partial charge in [-0.2, -0.15) is 0 Å². The van der Waals surface area contributed by atoms with Crippen molar-refractivity contribution in [3.63, 3.8) is 0 Å². The number of rotatable bonds is 2. The second kappa shape index (κ2) is 3.76. The van der Waals surface area contributed by atoms with E-state index in [9.17, 15) is 0 Å². The first-order valence-corrected chi connectivity index (χ1v) is 4.75. The van der Waals surface area contributed by atoms with E-state index in [1.807, 2.05) is 24.1 Å². The summed E-state index contributed by atoms with van der Waals surface area (Å²) in [5.41, 5.74) is 6.79. The van der Waals surface area contributed by atoms with Crippen molar-refractivity contribution in [1.29, 1.82) is 0 Å². The van der Waals surface area contributed by atoms with Gasteiger partial charge in [-0.25, -0.2) is 4.98 Å². The SMILES string of the molecule is COc1ccc(C2CN=C(N)N2C)cn1. The third-order valence-electron chi connectivity index (χ3n) is 2.61. The minimum absolute atomic E-state index is 0.198. The third-order valence-corrected chi connectivity index (χ3v) is 2.61. The molecule has 15 heavy (non-hydrogen) atoms. The molecule has 0 bridgehead atoms. The molecule has 1 atom stereocenters. The minimum Gasteiger partial charge on any atom is -0.481 e. The Balaban J connectivity index is 2.17. The molecule has 1 aliphatic heterocycles. The Bertz CT molecular complexity index is 374. The Morgan fingerprint density at radius 2 is 2.33 bits per heavy atom. The van der Waals surface area contributed by atoms with Gasteiger partial charge >= 0.3 is 0 Å². The van der Waals surface area contributed by atoms with E-state index < -0.39 is 0 Å². The van der Waals surface area contributed by atoms with Crippen molar-refractivity contribution in [3.05, 3.63) is 23.9 Å². The average Bonchev–Trinajstić information content (AvgIpc) is 2.60. The highest BCUT2D eigenvalue weighted by Crippen LogP contribution is 2.23. The van der Waals surface area contributed by atoms with Crippen LogP contribution in [0.25, 0.3) is 0 Å². The Morgan fingerprint density at radius 3 is 2.80 bits per heavy atom. The van der Waals surface area contributed by atoms with Gasteiger partial charge in [-0.15, -0.1) is 0 Å². The first kappa shape index (κ1) is 9.76. The number of aromatic nitrogens is 1. The normalized spacial score (nSPS) is 20.3. The monoisotopic (exact) mass is 206 g/mol. The second-order valence-electron chi connectivity index (χ2n) is 3.46. The number of aliphatic imine (C=N–C) groups is 1. The highest BCUT2D eigenvalue weighted by atomic mass is 16.5. The molecule has 0 saturated heterocycles. The quantitative estimate of drug-likeness (QED) is 0.760. The largest absolute Gasteiger partial charge is 0.481 e. The molecule has 2 rings (SSSR count). The van der Waals surface area contributed by atoms with Crippen molar-refractivity contribution in [2.45, 2.75) is 6.04 Å². The van der Waals surface area contributed by atoms with Crippen molar-refractivity contribution in [3.8, 4) is 5.88 Å². The summed E-state index contributed by atoms with van der Waals surface area (Å²) in [5.74, 6) is 1.20.